The molecule has 2 aromatic heterocycles. The number of nitrogens with one attached hydrogen (secondary N) is 2. The van der Waals surface area contributed by atoms with Crippen molar-refractivity contribution in [1.82, 2.24) is 30.3 Å². The Hall–Kier alpha value is -4.77. The molecule has 4 aromatic rings. The number of ketones is 1. The third-order valence-electron chi connectivity index (χ3n) is 8.01. The fourth-order valence-electron chi connectivity index (χ4n) is 5.57. The molecule has 2 N–H and O–H groups in total. The summed E-state index contributed by atoms with van der Waals surface area (Å²) < 4.78 is 1.37. The molecule has 2 heterocycles. The second kappa shape index (κ2) is 17.8. The number of hydrogen-bond acceptors (Lipinski definition) is 7. The van der Waals surface area contributed by atoms with Crippen LogP contribution in [0, 0.1) is 5.92 Å². The highest BCUT2D eigenvalue weighted by Gasteiger charge is 2.23. The Morgan fingerprint density at radius 3 is 2.46 bits per heavy atom. The van der Waals surface area contributed by atoms with Gasteiger partial charge in [0, 0.05) is 53.3 Å². The lowest BCUT2D eigenvalue weighted by molar-refractivity contribution is -0.123. The van der Waals surface area contributed by atoms with Gasteiger partial charge in [-0.15, -0.1) is 0 Å². The first kappa shape index (κ1) is 38.0. The predicted molar refractivity (Wildman–Crippen MR) is 200 cm³/mol. The van der Waals surface area contributed by atoms with Crippen LogP contribution < -0.4 is 10.6 Å². The van der Waals surface area contributed by atoms with Crippen molar-refractivity contribution in [1.29, 1.82) is 0 Å². The molecule has 0 radical (unpaired) electrons. The highest BCUT2D eigenvalue weighted by molar-refractivity contribution is 7.99. The van der Waals surface area contributed by atoms with Crippen molar-refractivity contribution in [2.24, 2.45) is 5.92 Å². The average molecular weight is 697 g/mol. The van der Waals surface area contributed by atoms with E-state index in [1.807, 2.05) is 101 Å². The molecule has 0 aliphatic carbocycles. The van der Waals surface area contributed by atoms with Gasteiger partial charge in [-0.3, -0.25) is 19.4 Å². The van der Waals surface area contributed by atoms with Gasteiger partial charge in [-0.05, 0) is 94.7 Å². The van der Waals surface area contributed by atoms with Gasteiger partial charge >= 0.3 is 6.03 Å². The van der Waals surface area contributed by atoms with Crippen molar-refractivity contribution < 1.29 is 19.2 Å². The van der Waals surface area contributed by atoms with Crippen LogP contribution in [0.25, 0.3) is 23.1 Å². The van der Waals surface area contributed by atoms with Crippen LogP contribution in [-0.2, 0) is 9.59 Å². The summed E-state index contributed by atoms with van der Waals surface area (Å²) in [5, 5.41) is 11.2. The molecule has 1 unspecified atom stereocenters. The van der Waals surface area contributed by atoms with Crippen LogP contribution in [-0.4, -0.2) is 69.0 Å². The molecular weight excluding hydrogens is 649 g/mol. The van der Waals surface area contributed by atoms with E-state index in [4.69, 9.17) is 5.10 Å². The Labute approximate surface area is 299 Å². The van der Waals surface area contributed by atoms with Gasteiger partial charge in [-0.25, -0.2) is 4.79 Å². The van der Waals surface area contributed by atoms with E-state index < -0.39 is 6.03 Å². The van der Waals surface area contributed by atoms with Gasteiger partial charge in [0.25, 0.3) is 5.91 Å². The number of nitrogens with zero attached hydrogens (tertiary/aromatic N) is 4. The largest absolute Gasteiger partial charge is 0.355 e. The van der Waals surface area contributed by atoms with Gasteiger partial charge < -0.3 is 15.5 Å². The van der Waals surface area contributed by atoms with Gasteiger partial charge in [-0.1, -0.05) is 49.7 Å². The number of pyridine rings is 1. The first-order valence-electron chi connectivity index (χ1n) is 17.1. The lowest BCUT2D eigenvalue weighted by Gasteiger charge is -2.21. The maximum absolute atomic E-state index is 14.1. The van der Waals surface area contributed by atoms with Crippen molar-refractivity contribution >= 4 is 58.4 Å². The average Bonchev–Trinajstić information content (AvgIpc) is 3.45. The number of rotatable bonds is 15. The van der Waals surface area contributed by atoms with E-state index in [0.29, 0.717) is 36.2 Å². The number of carbonyl (C=O) groups excluding carboxylic acids is 4. The molecule has 0 fully saturated rings. The summed E-state index contributed by atoms with van der Waals surface area (Å²) in [5.74, 6) is -0.0308. The normalized spacial score (nSPS) is 12.2. The van der Waals surface area contributed by atoms with Crippen LogP contribution in [0.4, 0.5) is 4.79 Å². The standard InChI is InChI=1S/C39H48N6O4S/c1-7-44(26-29(46)24-27(2)14-8-11-18-36(47)42-39(3,4)5)38(49)45-34-25-30(50-35-17-10-9-16-32(35)37(48)40-6)20-21-31(34)33(43-45)22-19-28-15-12-13-23-41-28/h9-10,12-13,15-17,19-23,25,27H,7-8,11,14,18,24,26H2,1-6H3,(H,40,48)(H,42,47)/b22-19+. The molecule has 264 valence electrons. The Morgan fingerprint density at radius 2 is 1.76 bits per heavy atom. The summed E-state index contributed by atoms with van der Waals surface area (Å²) in [7, 11) is 1.60. The third kappa shape index (κ3) is 10.9. The van der Waals surface area contributed by atoms with Gasteiger partial charge in [0.05, 0.1) is 29.0 Å². The number of benzene rings is 2. The van der Waals surface area contributed by atoms with E-state index in [2.05, 4.69) is 15.6 Å². The van der Waals surface area contributed by atoms with E-state index in [-0.39, 0.29) is 35.6 Å². The number of carbonyl (C=O) groups is 4. The van der Waals surface area contributed by atoms with Crippen LogP contribution in [0.1, 0.15) is 88.5 Å². The number of fused-ring (bicyclic) bond motifs is 1. The monoisotopic (exact) mass is 696 g/mol. The number of unbranched alkanes of at least 4 members (excludes halogenated alkanes) is 1. The number of aromatic nitrogens is 3. The summed E-state index contributed by atoms with van der Waals surface area (Å²) in [6, 6.07) is 18.4. The van der Waals surface area contributed by atoms with Gasteiger partial charge in [-0.2, -0.15) is 9.78 Å². The van der Waals surface area contributed by atoms with Crippen LogP contribution in [0.5, 0.6) is 0 Å². The first-order chi connectivity index (χ1) is 23.9. The molecule has 0 aliphatic heterocycles. The van der Waals surface area contributed by atoms with E-state index in [9.17, 15) is 19.2 Å². The molecule has 0 saturated carbocycles. The molecule has 11 heteroatoms. The molecule has 4 rings (SSSR count). The minimum absolute atomic E-state index is 0.0213. The predicted octanol–water partition coefficient (Wildman–Crippen LogP) is 7.47. The molecule has 0 bridgehead atoms. The van der Waals surface area contributed by atoms with E-state index in [1.165, 1.54) is 21.3 Å². The molecular formula is C39H48N6O4S. The number of hydrogen-bond donors (Lipinski definition) is 2. The lowest BCUT2D eigenvalue weighted by atomic mass is 9.97. The van der Waals surface area contributed by atoms with Gasteiger partial charge in [0.15, 0.2) is 5.78 Å². The summed E-state index contributed by atoms with van der Waals surface area (Å²) in [6.07, 6.45) is 8.65. The summed E-state index contributed by atoms with van der Waals surface area (Å²) in [5.41, 5.74) is 2.24. The topological polar surface area (TPSA) is 126 Å². The maximum Gasteiger partial charge on any atom is 0.345 e. The van der Waals surface area contributed by atoms with Gasteiger partial charge in [0.2, 0.25) is 5.91 Å². The summed E-state index contributed by atoms with van der Waals surface area (Å²) in [6.45, 7) is 10.1. The number of Topliss-reactive ketones (excluding diaryl/α,β-unsaturated/α-hetero) is 1. The molecule has 0 saturated heterocycles. The van der Waals surface area contributed by atoms with Crippen molar-refractivity contribution in [2.45, 2.75) is 82.1 Å². The molecule has 3 amide bonds. The second-order valence-corrected chi connectivity index (χ2v) is 14.5. The van der Waals surface area contributed by atoms with Crippen molar-refractivity contribution in [3.05, 3.63) is 83.8 Å². The molecule has 2 aromatic carbocycles. The zero-order chi connectivity index (χ0) is 36.3. The minimum atomic E-state index is -0.395. The molecule has 50 heavy (non-hydrogen) atoms. The van der Waals surface area contributed by atoms with Crippen molar-refractivity contribution in [3.8, 4) is 0 Å². The molecule has 1 atom stereocenters. The zero-order valence-electron chi connectivity index (χ0n) is 29.9. The Morgan fingerprint density at radius 1 is 1.00 bits per heavy atom. The van der Waals surface area contributed by atoms with Gasteiger partial charge in [0.1, 0.15) is 0 Å². The van der Waals surface area contributed by atoms with E-state index in [0.717, 1.165) is 40.1 Å². The Bertz CT molecular complexity index is 1830. The molecule has 10 nitrogen and oxygen atoms in total. The maximum atomic E-state index is 14.1. The smallest absolute Gasteiger partial charge is 0.345 e. The minimum Gasteiger partial charge on any atom is -0.355 e. The van der Waals surface area contributed by atoms with Crippen molar-refractivity contribution in [3.63, 3.8) is 0 Å². The van der Waals surface area contributed by atoms with Crippen LogP contribution in [0.3, 0.4) is 0 Å². The van der Waals surface area contributed by atoms with Crippen molar-refractivity contribution in [2.75, 3.05) is 20.1 Å². The highest BCUT2D eigenvalue weighted by atomic mass is 32.2. The first-order valence-corrected chi connectivity index (χ1v) is 17.9. The van der Waals surface area contributed by atoms with E-state index >= 15 is 0 Å². The molecule has 0 spiro atoms. The van der Waals surface area contributed by atoms with Crippen LogP contribution in [0.15, 0.2) is 76.7 Å². The number of likely N-dealkylation sites (N-methyl/N-ethyl adjacent to an activating group) is 1. The quantitative estimate of drug-likeness (QED) is 0.124. The second-order valence-electron chi connectivity index (χ2n) is 13.4. The Kier molecular flexibility index (Phi) is 13.5. The van der Waals surface area contributed by atoms with E-state index in [1.54, 1.807) is 19.3 Å². The fourth-order valence-corrected chi connectivity index (χ4v) is 6.55. The Balaban J connectivity index is 1.52. The lowest BCUT2D eigenvalue weighted by Crippen LogP contribution is -2.40. The third-order valence-corrected chi connectivity index (χ3v) is 9.07. The van der Waals surface area contributed by atoms with Crippen LogP contribution in [0.2, 0.25) is 0 Å². The zero-order valence-corrected chi connectivity index (χ0v) is 30.7. The fraction of sp³-hybridized carbons (Fsp3) is 0.385. The van der Waals surface area contributed by atoms with Crippen LogP contribution >= 0.6 is 11.8 Å². The number of amides is 3. The SMILES string of the molecule is CCN(CC(=O)CC(C)CCCCC(=O)NC(C)(C)C)C(=O)n1nc(/C=C/c2ccccn2)c2ccc(Sc3ccccc3C(=O)NC)cc21. The summed E-state index contributed by atoms with van der Waals surface area (Å²) in [4.78, 5) is 59.4. The molecule has 0 aliphatic rings. The highest BCUT2D eigenvalue weighted by Crippen LogP contribution is 2.34. The summed E-state index contributed by atoms with van der Waals surface area (Å²) >= 11 is 1.42.